The van der Waals surface area contributed by atoms with E-state index in [0.29, 0.717) is 6.54 Å². The van der Waals surface area contributed by atoms with Gasteiger partial charge in [0.1, 0.15) is 11.3 Å². The minimum absolute atomic E-state index is 0.0597. The quantitative estimate of drug-likeness (QED) is 0.899. The molecule has 0 radical (unpaired) electrons. The standard InChI is InChI=1S/C16H15NO3/c18-15-9-11(5-6-13(15)16(19)20)10-17-8-7-12-3-1-2-4-14(12)17/h1-6,9,18H,7-8,10H2,(H,19,20). The molecule has 102 valence electrons. The van der Waals surface area contributed by atoms with Crippen molar-refractivity contribution in [1.29, 1.82) is 0 Å². The number of aromatic carboxylic acids is 1. The number of carbonyl (C=O) groups is 1. The monoisotopic (exact) mass is 269 g/mol. The molecule has 1 aliphatic rings. The van der Waals surface area contributed by atoms with Crippen LogP contribution < -0.4 is 4.90 Å². The van der Waals surface area contributed by atoms with Crippen LogP contribution in [0.5, 0.6) is 5.75 Å². The zero-order valence-corrected chi connectivity index (χ0v) is 10.9. The van der Waals surface area contributed by atoms with E-state index in [2.05, 4.69) is 17.0 Å². The smallest absolute Gasteiger partial charge is 0.339 e. The molecule has 1 aliphatic heterocycles. The molecule has 0 atom stereocenters. The van der Waals surface area contributed by atoms with E-state index < -0.39 is 5.97 Å². The Morgan fingerprint density at radius 3 is 2.75 bits per heavy atom. The molecule has 1 heterocycles. The van der Waals surface area contributed by atoms with Crippen LogP contribution in [0.3, 0.4) is 0 Å². The SMILES string of the molecule is O=C(O)c1ccc(CN2CCc3ccccc32)cc1O. The van der Waals surface area contributed by atoms with E-state index in [1.165, 1.54) is 23.4 Å². The predicted molar refractivity (Wildman–Crippen MR) is 76.3 cm³/mol. The molecule has 0 saturated heterocycles. The maximum absolute atomic E-state index is 10.9. The Kier molecular flexibility index (Phi) is 3.06. The maximum Gasteiger partial charge on any atom is 0.339 e. The third-order valence-corrected chi connectivity index (χ3v) is 3.65. The molecule has 0 saturated carbocycles. The molecule has 0 aromatic heterocycles. The number of carboxylic acids is 1. The van der Waals surface area contributed by atoms with E-state index in [1.54, 1.807) is 6.07 Å². The van der Waals surface area contributed by atoms with Gasteiger partial charge in [0.15, 0.2) is 0 Å². The molecule has 0 bridgehead atoms. The van der Waals surface area contributed by atoms with E-state index in [9.17, 15) is 9.90 Å². The van der Waals surface area contributed by atoms with E-state index in [1.807, 2.05) is 12.1 Å². The minimum Gasteiger partial charge on any atom is -0.507 e. The van der Waals surface area contributed by atoms with Crippen molar-refractivity contribution in [2.75, 3.05) is 11.4 Å². The average Bonchev–Trinajstić information content (AvgIpc) is 2.82. The van der Waals surface area contributed by atoms with Crippen molar-refractivity contribution >= 4 is 11.7 Å². The average molecular weight is 269 g/mol. The van der Waals surface area contributed by atoms with Crippen molar-refractivity contribution in [3.8, 4) is 5.75 Å². The first kappa shape index (κ1) is 12.5. The molecule has 2 aromatic rings. The van der Waals surface area contributed by atoms with Gasteiger partial charge in [0.2, 0.25) is 0 Å². The summed E-state index contributed by atoms with van der Waals surface area (Å²) in [5.74, 6) is -1.29. The normalized spacial score (nSPS) is 13.3. The van der Waals surface area contributed by atoms with Crippen molar-refractivity contribution in [1.82, 2.24) is 0 Å². The van der Waals surface area contributed by atoms with Crippen LogP contribution in [0.4, 0.5) is 5.69 Å². The second-order valence-electron chi connectivity index (χ2n) is 4.96. The number of fused-ring (bicyclic) bond motifs is 1. The van der Waals surface area contributed by atoms with Gasteiger partial charge in [-0.15, -0.1) is 0 Å². The second kappa shape index (κ2) is 4.89. The summed E-state index contributed by atoms with van der Waals surface area (Å²) in [7, 11) is 0. The first-order valence-electron chi connectivity index (χ1n) is 6.53. The van der Waals surface area contributed by atoms with Gasteiger partial charge in [-0.1, -0.05) is 24.3 Å². The Morgan fingerprint density at radius 2 is 2.00 bits per heavy atom. The lowest BCUT2D eigenvalue weighted by atomic mass is 10.1. The number of para-hydroxylation sites is 1. The van der Waals surface area contributed by atoms with Crippen LogP contribution in [-0.2, 0) is 13.0 Å². The highest BCUT2D eigenvalue weighted by Crippen LogP contribution is 2.29. The fraction of sp³-hybridized carbons (Fsp3) is 0.188. The number of benzene rings is 2. The van der Waals surface area contributed by atoms with Crippen LogP contribution in [0.25, 0.3) is 0 Å². The molecule has 2 aromatic carbocycles. The predicted octanol–water partition coefficient (Wildman–Crippen LogP) is 2.65. The fourth-order valence-corrected chi connectivity index (χ4v) is 2.65. The van der Waals surface area contributed by atoms with E-state index >= 15 is 0 Å². The van der Waals surface area contributed by atoms with Gasteiger partial charge in [0.25, 0.3) is 0 Å². The Labute approximate surface area is 116 Å². The molecule has 0 fully saturated rings. The van der Waals surface area contributed by atoms with Crippen LogP contribution in [-0.4, -0.2) is 22.7 Å². The van der Waals surface area contributed by atoms with Gasteiger partial charge in [0, 0.05) is 18.8 Å². The molecule has 20 heavy (non-hydrogen) atoms. The van der Waals surface area contributed by atoms with Crippen LogP contribution in [0, 0.1) is 0 Å². The van der Waals surface area contributed by atoms with Gasteiger partial charge in [-0.05, 0) is 35.7 Å². The van der Waals surface area contributed by atoms with Gasteiger partial charge in [-0.3, -0.25) is 0 Å². The molecule has 3 rings (SSSR count). The summed E-state index contributed by atoms with van der Waals surface area (Å²) in [5, 5.41) is 18.6. The van der Waals surface area contributed by atoms with Crippen molar-refractivity contribution in [2.45, 2.75) is 13.0 Å². The van der Waals surface area contributed by atoms with Crippen LogP contribution in [0.1, 0.15) is 21.5 Å². The van der Waals surface area contributed by atoms with Crippen molar-refractivity contribution < 1.29 is 15.0 Å². The number of anilines is 1. The molecular weight excluding hydrogens is 254 g/mol. The van der Waals surface area contributed by atoms with Crippen LogP contribution >= 0.6 is 0 Å². The van der Waals surface area contributed by atoms with E-state index in [0.717, 1.165) is 18.5 Å². The van der Waals surface area contributed by atoms with Gasteiger partial charge >= 0.3 is 5.97 Å². The summed E-state index contributed by atoms with van der Waals surface area (Å²) >= 11 is 0. The Bertz CT molecular complexity index is 667. The third kappa shape index (κ3) is 2.20. The lowest BCUT2D eigenvalue weighted by molar-refractivity contribution is 0.0693. The zero-order chi connectivity index (χ0) is 14.1. The first-order valence-corrected chi connectivity index (χ1v) is 6.53. The van der Waals surface area contributed by atoms with Crippen LogP contribution in [0.15, 0.2) is 42.5 Å². The highest BCUT2D eigenvalue weighted by molar-refractivity contribution is 5.90. The summed E-state index contributed by atoms with van der Waals surface area (Å²) in [6, 6.07) is 13.0. The minimum atomic E-state index is -1.11. The molecule has 4 heteroatoms. The lowest BCUT2D eigenvalue weighted by Crippen LogP contribution is -2.19. The number of nitrogens with zero attached hydrogens (tertiary/aromatic N) is 1. The number of phenols is 1. The second-order valence-corrected chi connectivity index (χ2v) is 4.96. The number of aromatic hydroxyl groups is 1. The summed E-state index contributed by atoms with van der Waals surface area (Å²) in [6.45, 7) is 1.62. The summed E-state index contributed by atoms with van der Waals surface area (Å²) < 4.78 is 0. The molecule has 0 spiro atoms. The molecule has 0 amide bonds. The zero-order valence-electron chi connectivity index (χ0n) is 10.9. The largest absolute Gasteiger partial charge is 0.507 e. The summed E-state index contributed by atoms with van der Waals surface area (Å²) in [4.78, 5) is 13.1. The molecular formula is C16H15NO3. The van der Waals surface area contributed by atoms with Crippen LogP contribution in [0.2, 0.25) is 0 Å². The highest BCUT2D eigenvalue weighted by Gasteiger charge is 2.19. The topological polar surface area (TPSA) is 60.8 Å². The van der Waals surface area contributed by atoms with Gasteiger partial charge in [-0.25, -0.2) is 4.79 Å². The summed E-state index contributed by atoms with van der Waals surface area (Å²) in [6.07, 6.45) is 1.02. The summed E-state index contributed by atoms with van der Waals surface area (Å²) in [5.41, 5.74) is 3.40. The van der Waals surface area contributed by atoms with Gasteiger partial charge in [-0.2, -0.15) is 0 Å². The van der Waals surface area contributed by atoms with Crippen molar-refractivity contribution in [2.24, 2.45) is 0 Å². The lowest BCUT2D eigenvalue weighted by Gasteiger charge is -2.19. The van der Waals surface area contributed by atoms with Crippen molar-refractivity contribution in [3.63, 3.8) is 0 Å². The number of hydrogen-bond acceptors (Lipinski definition) is 3. The van der Waals surface area contributed by atoms with Crippen molar-refractivity contribution in [3.05, 3.63) is 59.2 Å². The number of carboxylic acid groups (broad SMARTS) is 1. The molecule has 4 nitrogen and oxygen atoms in total. The number of hydrogen-bond donors (Lipinski definition) is 2. The molecule has 0 unspecified atom stereocenters. The Hall–Kier alpha value is -2.49. The third-order valence-electron chi connectivity index (χ3n) is 3.65. The highest BCUT2D eigenvalue weighted by atomic mass is 16.4. The maximum atomic E-state index is 10.9. The Morgan fingerprint density at radius 1 is 1.20 bits per heavy atom. The fourth-order valence-electron chi connectivity index (χ4n) is 2.65. The van der Waals surface area contributed by atoms with E-state index in [-0.39, 0.29) is 11.3 Å². The van der Waals surface area contributed by atoms with Gasteiger partial charge in [0.05, 0.1) is 0 Å². The van der Waals surface area contributed by atoms with Gasteiger partial charge < -0.3 is 15.1 Å². The van der Waals surface area contributed by atoms with E-state index in [4.69, 9.17) is 5.11 Å². The number of rotatable bonds is 3. The first-order chi connectivity index (χ1) is 9.65. The molecule has 2 N–H and O–H groups in total. The molecule has 0 aliphatic carbocycles. The Balaban J connectivity index is 1.83.